The van der Waals surface area contributed by atoms with E-state index in [1.54, 1.807) is 30.3 Å². The molecule has 0 saturated carbocycles. The molecular weight excluding hydrogens is 244 g/mol. The van der Waals surface area contributed by atoms with Crippen molar-refractivity contribution in [1.82, 2.24) is 9.88 Å². The molecule has 1 aliphatic heterocycles. The normalized spacial score (nSPS) is 18.0. The minimum absolute atomic E-state index is 0.0822. The number of carbonyl (C=O) groups excluding carboxylic acids is 1. The maximum absolute atomic E-state index is 12.2. The van der Waals surface area contributed by atoms with Crippen molar-refractivity contribution in [3.8, 4) is 11.8 Å². The average molecular weight is 260 g/mol. The molecule has 1 aliphatic rings. The van der Waals surface area contributed by atoms with Gasteiger partial charge in [-0.3, -0.25) is 4.79 Å². The first-order valence-electron chi connectivity index (χ1n) is 6.12. The van der Waals surface area contributed by atoms with Gasteiger partial charge in [0.2, 0.25) is 0 Å². The Balaban J connectivity index is 2.04. The number of hydrogen-bond acceptors (Lipinski definition) is 4. The van der Waals surface area contributed by atoms with Gasteiger partial charge in [-0.2, -0.15) is 0 Å². The molecule has 100 valence electrons. The van der Waals surface area contributed by atoms with Crippen molar-refractivity contribution >= 4 is 5.91 Å². The Labute approximate surface area is 112 Å². The summed E-state index contributed by atoms with van der Waals surface area (Å²) >= 11 is 0. The fourth-order valence-corrected chi connectivity index (χ4v) is 2.00. The van der Waals surface area contributed by atoms with Crippen molar-refractivity contribution in [2.24, 2.45) is 0 Å². The first-order chi connectivity index (χ1) is 9.24. The molecule has 0 aliphatic carbocycles. The molecule has 1 atom stereocenters. The summed E-state index contributed by atoms with van der Waals surface area (Å²) in [4.78, 5) is 18.0. The quantitative estimate of drug-likeness (QED) is 0.776. The SMILES string of the molecule is COC1CCN(C(=O)c2ccc(C#CCO)cn2)C1. The molecule has 1 amide bonds. The number of pyridine rings is 1. The fourth-order valence-electron chi connectivity index (χ4n) is 2.00. The van der Waals surface area contributed by atoms with Crippen LogP contribution in [0.1, 0.15) is 22.5 Å². The highest BCUT2D eigenvalue weighted by atomic mass is 16.5. The van der Waals surface area contributed by atoms with E-state index in [0.29, 0.717) is 24.3 Å². The van der Waals surface area contributed by atoms with Crippen LogP contribution in [0.5, 0.6) is 0 Å². The number of aliphatic hydroxyl groups excluding tert-OH is 1. The highest BCUT2D eigenvalue weighted by Gasteiger charge is 2.27. The Bertz CT molecular complexity index is 502. The second kappa shape index (κ2) is 6.32. The van der Waals surface area contributed by atoms with Crippen molar-refractivity contribution in [3.05, 3.63) is 29.6 Å². The van der Waals surface area contributed by atoms with Crippen molar-refractivity contribution in [2.45, 2.75) is 12.5 Å². The number of amides is 1. The summed E-state index contributed by atoms with van der Waals surface area (Å²) < 4.78 is 5.23. The third-order valence-corrected chi connectivity index (χ3v) is 3.06. The number of hydrogen-bond donors (Lipinski definition) is 1. The minimum Gasteiger partial charge on any atom is -0.384 e. The smallest absolute Gasteiger partial charge is 0.272 e. The van der Waals surface area contributed by atoms with Crippen LogP contribution in [-0.2, 0) is 4.74 Å². The van der Waals surface area contributed by atoms with Gasteiger partial charge in [-0.1, -0.05) is 11.8 Å². The van der Waals surface area contributed by atoms with Gasteiger partial charge in [0.05, 0.1) is 6.10 Å². The van der Waals surface area contributed by atoms with E-state index in [2.05, 4.69) is 16.8 Å². The Kier molecular flexibility index (Phi) is 4.50. The standard InChI is InChI=1S/C14H16N2O3/c1-19-12-6-7-16(10-12)14(18)13-5-4-11(9-15-13)3-2-8-17/h4-5,9,12,17H,6-8,10H2,1H3. The molecule has 1 aromatic rings. The number of nitrogens with zero attached hydrogens (tertiary/aromatic N) is 2. The Hall–Kier alpha value is -1.90. The maximum Gasteiger partial charge on any atom is 0.272 e. The first kappa shape index (κ1) is 13.5. The van der Waals surface area contributed by atoms with Gasteiger partial charge in [-0.05, 0) is 18.6 Å². The summed E-state index contributed by atoms with van der Waals surface area (Å²) in [6.45, 7) is 1.13. The molecule has 1 fully saturated rings. The molecule has 2 rings (SSSR count). The van der Waals surface area contributed by atoms with Gasteiger partial charge in [-0.15, -0.1) is 0 Å². The summed E-state index contributed by atoms with van der Waals surface area (Å²) in [7, 11) is 1.66. The molecule has 1 unspecified atom stereocenters. The van der Waals surface area contributed by atoms with E-state index in [1.807, 2.05) is 0 Å². The number of likely N-dealkylation sites (tertiary alicyclic amines) is 1. The lowest BCUT2D eigenvalue weighted by Crippen LogP contribution is -2.30. The highest BCUT2D eigenvalue weighted by Crippen LogP contribution is 2.14. The number of carbonyl (C=O) groups is 1. The number of ether oxygens (including phenoxy) is 1. The molecule has 0 spiro atoms. The Morgan fingerprint density at radius 2 is 2.47 bits per heavy atom. The largest absolute Gasteiger partial charge is 0.384 e. The number of methoxy groups -OCH3 is 1. The lowest BCUT2D eigenvalue weighted by atomic mass is 10.2. The maximum atomic E-state index is 12.2. The molecule has 2 heterocycles. The lowest BCUT2D eigenvalue weighted by Gasteiger charge is -2.15. The van der Waals surface area contributed by atoms with E-state index < -0.39 is 0 Å². The molecule has 0 radical (unpaired) electrons. The highest BCUT2D eigenvalue weighted by molar-refractivity contribution is 5.92. The van der Waals surface area contributed by atoms with Crippen LogP contribution in [0.25, 0.3) is 0 Å². The number of rotatable bonds is 2. The third-order valence-electron chi connectivity index (χ3n) is 3.06. The van der Waals surface area contributed by atoms with Crippen LogP contribution in [0, 0.1) is 11.8 Å². The predicted octanol–water partition coefficient (Wildman–Crippen LogP) is 0.286. The molecule has 5 heteroatoms. The molecule has 1 N–H and O–H groups in total. The van der Waals surface area contributed by atoms with Crippen LogP contribution in [0.2, 0.25) is 0 Å². The molecule has 5 nitrogen and oxygen atoms in total. The molecule has 1 aromatic heterocycles. The van der Waals surface area contributed by atoms with Crippen molar-refractivity contribution in [1.29, 1.82) is 0 Å². The van der Waals surface area contributed by atoms with Crippen LogP contribution < -0.4 is 0 Å². The van der Waals surface area contributed by atoms with Crippen molar-refractivity contribution in [2.75, 3.05) is 26.8 Å². The van der Waals surface area contributed by atoms with Crippen LogP contribution in [0.15, 0.2) is 18.3 Å². The first-order valence-corrected chi connectivity index (χ1v) is 6.12. The van der Waals surface area contributed by atoms with E-state index in [1.165, 1.54) is 0 Å². The second-order valence-electron chi connectivity index (χ2n) is 4.29. The molecular formula is C14H16N2O3. The number of aliphatic hydroxyl groups is 1. The van der Waals surface area contributed by atoms with Crippen LogP contribution in [-0.4, -0.2) is 53.8 Å². The van der Waals surface area contributed by atoms with Gasteiger partial charge in [0.15, 0.2) is 0 Å². The zero-order valence-electron chi connectivity index (χ0n) is 10.8. The average Bonchev–Trinajstić information content (AvgIpc) is 2.94. The summed E-state index contributed by atoms with van der Waals surface area (Å²) in [5, 5.41) is 8.60. The molecule has 19 heavy (non-hydrogen) atoms. The van der Waals surface area contributed by atoms with Gasteiger partial charge in [0.1, 0.15) is 12.3 Å². The Morgan fingerprint density at radius 1 is 1.63 bits per heavy atom. The van der Waals surface area contributed by atoms with Crippen molar-refractivity contribution in [3.63, 3.8) is 0 Å². The Morgan fingerprint density at radius 3 is 3.05 bits per heavy atom. The van der Waals surface area contributed by atoms with Crippen LogP contribution >= 0.6 is 0 Å². The molecule has 0 aromatic carbocycles. The van der Waals surface area contributed by atoms with E-state index in [0.717, 1.165) is 6.42 Å². The fraction of sp³-hybridized carbons (Fsp3) is 0.429. The number of aromatic nitrogens is 1. The monoisotopic (exact) mass is 260 g/mol. The van der Waals surface area contributed by atoms with E-state index in [9.17, 15) is 4.79 Å². The van der Waals surface area contributed by atoms with E-state index in [4.69, 9.17) is 9.84 Å². The topological polar surface area (TPSA) is 62.7 Å². The zero-order valence-corrected chi connectivity index (χ0v) is 10.8. The second-order valence-corrected chi connectivity index (χ2v) is 4.29. The molecule has 1 saturated heterocycles. The lowest BCUT2D eigenvalue weighted by molar-refractivity contribution is 0.0719. The summed E-state index contributed by atoms with van der Waals surface area (Å²) in [5.41, 5.74) is 1.09. The van der Waals surface area contributed by atoms with Gasteiger partial charge in [0, 0.05) is 32.0 Å². The zero-order chi connectivity index (χ0) is 13.7. The molecule has 0 bridgehead atoms. The van der Waals surface area contributed by atoms with Gasteiger partial charge in [0.25, 0.3) is 5.91 Å². The van der Waals surface area contributed by atoms with Gasteiger partial charge >= 0.3 is 0 Å². The van der Waals surface area contributed by atoms with Gasteiger partial charge in [-0.25, -0.2) is 4.98 Å². The minimum atomic E-state index is -0.188. The third kappa shape index (κ3) is 3.31. The predicted molar refractivity (Wildman–Crippen MR) is 69.5 cm³/mol. The van der Waals surface area contributed by atoms with Crippen molar-refractivity contribution < 1.29 is 14.6 Å². The van der Waals surface area contributed by atoms with E-state index >= 15 is 0 Å². The summed E-state index contributed by atoms with van der Waals surface area (Å²) in [5.74, 6) is 5.19. The van der Waals surface area contributed by atoms with Crippen LogP contribution in [0.3, 0.4) is 0 Å². The van der Waals surface area contributed by atoms with E-state index in [-0.39, 0.29) is 18.6 Å². The summed E-state index contributed by atoms with van der Waals surface area (Å²) in [6, 6.07) is 3.39. The van der Waals surface area contributed by atoms with Gasteiger partial charge < -0.3 is 14.7 Å². The summed E-state index contributed by atoms with van der Waals surface area (Å²) in [6.07, 6.45) is 2.53. The van der Waals surface area contributed by atoms with Crippen LogP contribution in [0.4, 0.5) is 0 Å².